The number of alkyl carbamates (subject to hydrolysis) is 1. The zero-order valence-corrected chi connectivity index (χ0v) is 20.1. The summed E-state index contributed by atoms with van der Waals surface area (Å²) in [5.41, 5.74) is -1.02. The molecule has 0 aliphatic carbocycles. The number of carbonyl (C=O) groups is 4. The fraction of sp³-hybridized carbons (Fsp3) is 0.474. The highest BCUT2D eigenvalue weighted by Gasteiger charge is 2.74. The lowest BCUT2D eigenvalue weighted by atomic mass is 9.88. The predicted octanol–water partition coefficient (Wildman–Crippen LogP) is 2.33. The van der Waals surface area contributed by atoms with Crippen LogP contribution in [0.4, 0.5) is 4.79 Å². The van der Waals surface area contributed by atoms with Gasteiger partial charge in [-0.2, -0.15) is 0 Å². The molecule has 2 fully saturated rings. The van der Waals surface area contributed by atoms with Crippen molar-refractivity contribution in [2.45, 2.75) is 46.1 Å². The van der Waals surface area contributed by atoms with Crippen molar-refractivity contribution in [3.05, 3.63) is 35.9 Å². The Morgan fingerprint density at radius 1 is 1.22 bits per heavy atom. The minimum Gasteiger partial charge on any atom is -0.458 e. The van der Waals surface area contributed by atoms with Crippen LogP contribution in [0.15, 0.2) is 30.3 Å². The number of hydrogen-bond acceptors (Lipinski definition) is 7. The van der Waals surface area contributed by atoms with E-state index >= 15 is 0 Å². The molecule has 0 bridgehead atoms. The molecule has 2 N–H and O–H groups in total. The summed E-state index contributed by atoms with van der Waals surface area (Å²) >= 11 is 17.9. The van der Waals surface area contributed by atoms with Crippen LogP contribution < -0.4 is 10.6 Å². The Kier molecular flexibility index (Phi) is 7.09. The Hall–Kier alpha value is -1.88. The zero-order valence-electron chi connectivity index (χ0n) is 17.0. The molecule has 0 saturated carbocycles. The molecule has 3 rings (SSSR count). The van der Waals surface area contributed by atoms with Gasteiger partial charge >= 0.3 is 12.1 Å². The Morgan fingerprint density at radius 3 is 2.47 bits per heavy atom. The monoisotopic (exact) mass is 523 g/mol. The van der Waals surface area contributed by atoms with E-state index in [1.807, 2.05) is 6.07 Å². The highest BCUT2D eigenvalue weighted by atomic mass is 35.6. The van der Waals surface area contributed by atoms with E-state index in [1.165, 1.54) is 16.7 Å². The van der Waals surface area contributed by atoms with Crippen molar-refractivity contribution in [1.29, 1.82) is 0 Å². The second-order valence-corrected chi connectivity index (χ2v) is 11.8. The van der Waals surface area contributed by atoms with Crippen molar-refractivity contribution in [2.75, 3.05) is 6.61 Å². The number of carbonyl (C=O) groups excluding carboxylic acids is 4. The van der Waals surface area contributed by atoms with Gasteiger partial charge < -0.3 is 20.1 Å². The molecule has 174 valence electrons. The largest absolute Gasteiger partial charge is 0.458 e. The number of amides is 3. The first-order valence-electron chi connectivity index (χ1n) is 9.36. The van der Waals surface area contributed by atoms with E-state index < -0.39 is 50.2 Å². The lowest BCUT2D eigenvalue weighted by molar-refractivity contribution is -0.179. The number of β-lactam (4-membered cyclic amide) rings is 1. The standard InChI is InChI=1S/C19H20Cl3N3O6S/c1-17(2)19(23-10-26,15(28)30-8-11-6-4-3-5-7-11)25-13(27)12(14(25)32-17)24-16(29)31-9-18(20,21)22/h3-7,10,12,14H,8-9H2,1-2H3,(H,23,26)(H,24,29)/t12-,14-,19+/m1/s1. The van der Waals surface area contributed by atoms with Crippen molar-refractivity contribution in [2.24, 2.45) is 0 Å². The number of fused-ring (bicyclic) bond motifs is 1. The van der Waals surface area contributed by atoms with Gasteiger partial charge in [0.2, 0.25) is 15.9 Å². The summed E-state index contributed by atoms with van der Waals surface area (Å²) in [6.45, 7) is 2.84. The quantitative estimate of drug-likeness (QED) is 0.243. The van der Waals surface area contributed by atoms with Crippen LogP contribution in [-0.2, 0) is 30.5 Å². The van der Waals surface area contributed by atoms with Crippen LogP contribution in [0, 0.1) is 0 Å². The Morgan fingerprint density at radius 2 is 1.88 bits per heavy atom. The summed E-state index contributed by atoms with van der Waals surface area (Å²) in [5, 5.41) is 4.25. The first-order valence-corrected chi connectivity index (χ1v) is 11.4. The maximum atomic E-state index is 13.2. The molecule has 1 aromatic carbocycles. The first kappa shape index (κ1) is 24.8. The molecular formula is C19H20Cl3N3O6S. The molecule has 2 aliphatic heterocycles. The van der Waals surface area contributed by atoms with Gasteiger partial charge in [0.05, 0.1) is 4.75 Å². The highest BCUT2D eigenvalue weighted by molar-refractivity contribution is 8.01. The Labute approximate surface area is 203 Å². The SMILES string of the molecule is CC1(C)S[C@@H]2[C@H](NC(=O)OCC(Cl)(Cl)Cl)C(=O)N2[C@@]1(NC=O)C(=O)OCc1ccccc1. The normalized spacial score (nSPS) is 25.9. The van der Waals surface area contributed by atoms with Gasteiger partial charge in [-0.15, -0.1) is 11.8 Å². The van der Waals surface area contributed by atoms with Crippen LogP contribution in [0.2, 0.25) is 0 Å². The number of rotatable bonds is 7. The van der Waals surface area contributed by atoms with E-state index in [4.69, 9.17) is 44.3 Å². The molecule has 3 atom stereocenters. The molecule has 13 heteroatoms. The second-order valence-electron chi connectivity index (χ2n) is 7.57. The zero-order chi connectivity index (χ0) is 23.7. The van der Waals surface area contributed by atoms with Crippen LogP contribution in [0.5, 0.6) is 0 Å². The molecule has 0 radical (unpaired) electrons. The molecule has 0 unspecified atom stereocenters. The maximum Gasteiger partial charge on any atom is 0.408 e. The molecule has 0 spiro atoms. The number of nitrogens with one attached hydrogen (secondary N) is 2. The van der Waals surface area contributed by atoms with Crippen molar-refractivity contribution < 1.29 is 28.7 Å². The summed E-state index contributed by atoms with van der Waals surface area (Å²) in [4.78, 5) is 50.8. The number of halogens is 3. The van der Waals surface area contributed by atoms with Crippen LogP contribution in [-0.4, -0.2) is 61.5 Å². The lowest BCUT2D eigenvalue weighted by Crippen LogP contribution is -2.79. The molecule has 2 heterocycles. The number of esters is 1. The van der Waals surface area contributed by atoms with Gasteiger partial charge in [0.25, 0.3) is 5.91 Å². The number of thioether (sulfide) groups is 1. The van der Waals surface area contributed by atoms with Crippen LogP contribution in [0.3, 0.4) is 0 Å². The summed E-state index contributed by atoms with van der Waals surface area (Å²) in [5.74, 6) is -1.39. The fourth-order valence-electron chi connectivity index (χ4n) is 3.63. The smallest absolute Gasteiger partial charge is 0.408 e. The number of alkyl halides is 3. The van der Waals surface area contributed by atoms with Gasteiger partial charge in [0, 0.05) is 0 Å². The number of hydrogen-bond donors (Lipinski definition) is 2. The minimum atomic E-state index is -1.80. The molecule has 2 aliphatic rings. The van der Waals surface area contributed by atoms with Crippen LogP contribution in [0.1, 0.15) is 19.4 Å². The van der Waals surface area contributed by atoms with Gasteiger partial charge in [-0.05, 0) is 19.4 Å². The highest BCUT2D eigenvalue weighted by Crippen LogP contribution is 2.56. The molecule has 9 nitrogen and oxygen atoms in total. The molecule has 0 aromatic heterocycles. The molecule has 3 amide bonds. The van der Waals surface area contributed by atoms with E-state index in [0.29, 0.717) is 6.41 Å². The maximum absolute atomic E-state index is 13.2. The van der Waals surface area contributed by atoms with Crippen molar-refractivity contribution >= 4 is 70.9 Å². The third-order valence-corrected chi connectivity index (χ3v) is 7.04. The average molecular weight is 525 g/mol. The average Bonchev–Trinajstić information content (AvgIpc) is 2.94. The Balaban J connectivity index is 1.76. The summed E-state index contributed by atoms with van der Waals surface area (Å²) in [6.07, 6.45) is -0.613. The van der Waals surface area contributed by atoms with E-state index in [0.717, 1.165) is 5.56 Å². The molecule has 1 aromatic rings. The summed E-state index contributed by atoms with van der Waals surface area (Å²) < 4.78 is 7.49. The Bertz CT molecular complexity index is 913. The van der Waals surface area contributed by atoms with E-state index in [1.54, 1.807) is 38.1 Å². The topological polar surface area (TPSA) is 114 Å². The van der Waals surface area contributed by atoms with Crippen molar-refractivity contribution in [1.82, 2.24) is 15.5 Å². The summed E-state index contributed by atoms with van der Waals surface area (Å²) in [7, 11) is 0. The van der Waals surface area contributed by atoms with Crippen molar-refractivity contribution in [3.8, 4) is 0 Å². The predicted molar refractivity (Wildman–Crippen MR) is 119 cm³/mol. The number of nitrogens with zero attached hydrogens (tertiary/aromatic N) is 1. The molecule has 2 saturated heterocycles. The number of ether oxygens (including phenoxy) is 2. The third kappa shape index (κ3) is 4.59. The van der Waals surface area contributed by atoms with Gasteiger partial charge in [0.1, 0.15) is 24.6 Å². The van der Waals surface area contributed by atoms with Gasteiger partial charge in [0.15, 0.2) is 0 Å². The molecular weight excluding hydrogens is 505 g/mol. The van der Waals surface area contributed by atoms with E-state index in [-0.39, 0.29) is 6.61 Å². The van der Waals surface area contributed by atoms with Crippen LogP contribution >= 0.6 is 46.6 Å². The minimum absolute atomic E-state index is 0.0412. The number of benzene rings is 1. The first-order chi connectivity index (χ1) is 14.9. The van der Waals surface area contributed by atoms with Crippen LogP contribution in [0.25, 0.3) is 0 Å². The van der Waals surface area contributed by atoms with Crippen molar-refractivity contribution in [3.63, 3.8) is 0 Å². The summed E-state index contributed by atoms with van der Waals surface area (Å²) in [6, 6.07) is 7.98. The lowest BCUT2D eigenvalue weighted by Gasteiger charge is -2.49. The molecule has 32 heavy (non-hydrogen) atoms. The fourth-order valence-corrected chi connectivity index (χ4v) is 5.49. The van der Waals surface area contributed by atoms with Gasteiger partial charge in [-0.1, -0.05) is 65.1 Å². The van der Waals surface area contributed by atoms with E-state index in [2.05, 4.69) is 10.6 Å². The second kappa shape index (κ2) is 9.17. The van der Waals surface area contributed by atoms with Gasteiger partial charge in [-0.25, -0.2) is 9.59 Å². The van der Waals surface area contributed by atoms with Gasteiger partial charge in [-0.3, -0.25) is 14.5 Å². The van der Waals surface area contributed by atoms with E-state index in [9.17, 15) is 19.2 Å². The third-order valence-electron chi connectivity index (χ3n) is 5.11.